The monoisotopic (exact) mass is 400 g/mol. The lowest BCUT2D eigenvalue weighted by molar-refractivity contribution is 0.464. The van der Waals surface area contributed by atoms with Crippen molar-refractivity contribution in [1.29, 1.82) is 0 Å². The van der Waals surface area contributed by atoms with Gasteiger partial charge in [-0.2, -0.15) is 0 Å². The first-order valence-electron chi connectivity index (χ1n) is 5.71. The lowest BCUT2D eigenvalue weighted by atomic mass is 10.3. The molecule has 3 nitrogen and oxygen atoms in total. The number of para-hydroxylation sites is 1. The van der Waals surface area contributed by atoms with Crippen molar-refractivity contribution in [3.05, 3.63) is 50.2 Å². The third-order valence-corrected chi connectivity index (χ3v) is 5.36. The zero-order valence-corrected chi connectivity index (χ0v) is 13.8. The Labute approximate surface area is 131 Å². The minimum absolute atomic E-state index is 0.681. The van der Waals surface area contributed by atoms with Crippen LogP contribution < -0.4 is 5.32 Å². The van der Waals surface area contributed by atoms with Crippen LogP contribution in [0.25, 0.3) is 10.2 Å². The van der Waals surface area contributed by atoms with Crippen LogP contribution in [0, 0.1) is 0 Å². The second-order valence-corrected chi connectivity index (χ2v) is 6.70. The molecule has 0 atom stereocenters. The van der Waals surface area contributed by atoms with Crippen LogP contribution in [0.1, 0.15) is 10.8 Å². The lowest BCUT2D eigenvalue weighted by Gasteiger charge is -1.98. The van der Waals surface area contributed by atoms with Gasteiger partial charge in [-0.25, -0.2) is 4.98 Å². The molecular formula is C13H10Br2N2OS. The number of hydrogen-bond donors (Lipinski definition) is 1. The summed E-state index contributed by atoms with van der Waals surface area (Å²) < 4.78 is 8.39. The molecule has 1 aromatic carbocycles. The van der Waals surface area contributed by atoms with Crippen LogP contribution >= 0.6 is 43.2 Å². The lowest BCUT2D eigenvalue weighted by Crippen LogP contribution is -2.11. The molecule has 3 aromatic rings. The zero-order valence-electron chi connectivity index (χ0n) is 9.82. The van der Waals surface area contributed by atoms with Gasteiger partial charge in [0.1, 0.15) is 10.8 Å². The Hall–Kier alpha value is -0.690. The first-order chi connectivity index (χ1) is 9.22. The highest BCUT2D eigenvalue weighted by Gasteiger charge is 2.06. The summed E-state index contributed by atoms with van der Waals surface area (Å²) in [6, 6.07) is 10.1. The van der Waals surface area contributed by atoms with Crippen LogP contribution in [0.15, 0.2) is 43.9 Å². The number of benzene rings is 1. The molecule has 0 spiro atoms. The molecule has 0 saturated heterocycles. The maximum absolute atomic E-state index is 5.50. The normalized spacial score (nSPS) is 11.3. The van der Waals surface area contributed by atoms with Gasteiger partial charge in [-0.1, -0.05) is 12.1 Å². The van der Waals surface area contributed by atoms with Crippen molar-refractivity contribution in [2.75, 3.05) is 0 Å². The van der Waals surface area contributed by atoms with E-state index in [-0.39, 0.29) is 0 Å². The first-order valence-corrected chi connectivity index (χ1v) is 8.11. The fourth-order valence-corrected chi connectivity index (χ4v) is 3.36. The summed E-state index contributed by atoms with van der Waals surface area (Å²) in [7, 11) is 0. The standard InChI is InChI=1S/C13H10Br2N2OS/c14-9-5-8(18-13(9)15)6-16-7-12-17-10-3-1-2-4-11(10)19-12/h1-5,16H,6-7H2. The van der Waals surface area contributed by atoms with E-state index in [4.69, 9.17) is 4.42 Å². The summed E-state index contributed by atoms with van der Waals surface area (Å²) in [6.07, 6.45) is 0. The van der Waals surface area contributed by atoms with Crippen molar-refractivity contribution < 1.29 is 4.42 Å². The molecule has 0 amide bonds. The van der Waals surface area contributed by atoms with Gasteiger partial charge in [-0.15, -0.1) is 11.3 Å². The van der Waals surface area contributed by atoms with E-state index in [0.717, 1.165) is 32.0 Å². The molecule has 19 heavy (non-hydrogen) atoms. The number of rotatable bonds is 4. The summed E-state index contributed by atoms with van der Waals surface area (Å²) in [5.41, 5.74) is 1.06. The summed E-state index contributed by atoms with van der Waals surface area (Å²) in [6.45, 7) is 1.43. The Bertz CT molecular complexity index is 655. The fraction of sp³-hybridized carbons (Fsp3) is 0.154. The summed E-state index contributed by atoms with van der Waals surface area (Å²) in [5.74, 6) is 0.889. The van der Waals surface area contributed by atoms with Gasteiger partial charge in [0, 0.05) is 6.54 Å². The fourth-order valence-electron chi connectivity index (χ4n) is 1.77. The molecular weight excluding hydrogens is 392 g/mol. The van der Waals surface area contributed by atoms with Crippen LogP contribution in [-0.4, -0.2) is 4.98 Å². The van der Waals surface area contributed by atoms with E-state index in [1.807, 2.05) is 24.3 Å². The Morgan fingerprint density at radius 1 is 1.21 bits per heavy atom. The molecule has 0 radical (unpaired) electrons. The number of thiazole rings is 1. The zero-order chi connectivity index (χ0) is 13.2. The van der Waals surface area contributed by atoms with Crippen LogP contribution in [-0.2, 0) is 13.1 Å². The molecule has 2 heterocycles. The molecule has 6 heteroatoms. The predicted octanol–water partition coefficient (Wildman–Crippen LogP) is 4.70. The Balaban J connectivity index is 1.63. The van der Waals surface area contributed by atoms with Gasteiger partial charge >= 0.3 is 0 Å². The predicted molar refractivity (Wildman–Crippen MR) is 84.3 cm³/mol. The van der Waals surface area contributed by atoms with E-state index in [1.165, 1.54) is 4.70 Å². The van der Waals surface area contributed by atoms with E-state index < -0.39 is 0 Å². The smallest absolute Gasteiger partial charge is 0.183 e. The molecule has 2 aromatic heterocycles. The quantitative estimate of drug-likeness (QED) is 0.688. The van der Waals surface area contributed by atoms with Crippen LogP contribution in [0.3, 0.4) is 0 Å². The van der Waals surface area contributed by atoms with Crippen molar-refractivity contribution in [2.45, 2.75) is 13.1 Å². The minimum Gasteiger partial charge on any atom is -0.452 e. The third-order valence-electron chi connectivity index (χ3n) is 2.61. The number of aromatic nitrogens is 1. The first kappa shape index (κ1) is 13.3. The van der Waals surface area contributed by atoms with Gasteiger partial charge in [0.2, 0.25) is 0 Å². The average molecular weight is 402 g/mol. The molecule has 0 saturated carbocycles. The van der Waals surface area contributed by atoms with Gasteiger partial charge in [-0.3, -0.25) is 0 Å². The molecule has 3 rings (SSSR count). The maximum atomic E-state index is 5.50. The Kier molecular flexibility index (Phi) is 4.02. The van der Waals surface area contributed by atoms with E-state index in [0.29, 0.717) is 6.54 Å². The van der Waals surface area contributed by atoms with E-state index in [9.17, 15) is 0 Å². The van der Waals surface area contributed by atoms with E-state index in [2.05, 4.69) is 48.2 Å². The highest BCUT2D eigenvalue weighted by atomic mass is 79.9. The van der Waals surface area contributed by atoms with Crippen LogP contribution in [0.4, 0.5) is 0 Å². The second kappa shape index (κ2) is 5.75. The molecule has 98 valence electrons. The van der Waals surface area contributed by atoms with Gasteiger partial charge in [0.15, 0.2) is 4.67 Å². The minimum atomic E-state index is 0.681. The van der Waals surface area contributed by atoms with Crippen molar-refractivity contribution in [2.24, 2.45) is 0 Å². The van der Waals surface area contributed by atoms with Gasteiger partial charge in [0.05, 0.1) is 21.2 Å². The molecule has 0 unspecified atom stereocenters. The SMILES string of the molecule is Brc1cc(CNCc2nc3ccccc3s2)oc1Br. The highest BCUT2D eigenvalue weighted by Crippen LogP contribution is 2.26. The van der Waals surface area contributed by atoms with Gasteiger partial charge < -0.3 is 9.73 Å². The van der Waals surface area contributed by atoms with Gasteiger partial charge in [0.25, 0.3) is 0 Å². The maximum Gasteiger partial charge on any atom is 0.183 e. The number of furan rings is 1. The second-order valence-electron chi connectivity index (χ2n) is 4.01. The van der Waals surface area contributed by atoms with Crippen molar-refractivity contribution >= 4 is 53.4 Å². The molecule has 0 bridgehead atoms. The third kappa shape index (κ3) is 3.08. The van der Waals surface area contributed by atoms with Gasteiger partial charge in [-0.05, 0) is 50.1 Å². The number of halogens is 2. The van der Waals surface area contributed by atoms with Crippen LogP contribution in [0.5, 0.6) is 0 Å². The van der Waals surface area contributed by atoms with E-state index in [1.54, 1.807) is 11.3 Å². The molecule has 0 fully saturated rings. The topological polar surface area (TPSA) is 38.1 Å². The molecule has 0 aliphatic rings. The average Bonchev–Trinajstić information content (AvgIpc) is 2.93. The van der Waals surface area contributed by atoms with Crippen molar-refractivity contribution in [3.8, 4) is 0 Å². The summed E-state index contributed by atoms with van der Waals surface area (Å²) in [5, 5.41) is 4.42. The number of nitrogens with one attached hydrogen (secondary N) is 1. The Morgan fingerprint density at radius 3 is 2.79 bits per heavy atom. The number of hydrogen-bond acceptors (Lipinski definition) is 4. The highest BCUT2D eigenvalue weighted by molar-refractivity contribution is 9.13. The summed E-state index contributed by atoms with van der Waals surface area (Å²) in [4.78, 5) is 4.57. The van der Waals surface area contributed by atoms with Crippen LogP contribution in [0.2, 0.25) is 0 Å². The molecule has 0 aliphatic carbocycles. The number of fused-ring (bicyclic) bond motifs is 1. The summed E-state index contributed by atoms with van der Waals surface area (Å²) >= 11 is 8.44. The Morgan fingerprint density at radius 2 is 2.05 bits per heavy atom. The van der Waals surface area contributed by atoms with E-state index >= 15 is 0 Å². The van der Waals surface area contributed by atoms with Crippen molar-refractivity contribution in [1.82, 2.24) is 10.3 Å². The molecule has 0 aliphatic heterocycles. The molecule has 1 N–H and O–H groups in total. The van der Waals surface area contributed by atoms with Crippen molar-refractivity contribution in [3.63, 3.8) is 0 Å². The number of nitrogens with zero attached hydrogens (tertiary/aromatic N) is 1. The largest absolute Gasteiger partial charge is 0.452 e.